The van der Waals surface area contributed by atoms with Gasteiger partial charge in [0.25, 0.3) is 0 Å². The van der Waals surface area contributed by atoms with Gasteiger partial charge in [-0.3, -0.25) is 9.59 Å². The summed E-state index contributed by atoms with van der Waals surface area (Å²) < 4.78 is 0. The second-order valence-electron chi connectivity index (χ2n) is 5.77. The summed E-state index contributed by atoms with van der Waals surface area (Å²) in [5.41, 5.74) is -0.238. The Bertz CT molecular complexity index is 319. The third kappa shape index (κ3) is 4.78. The van der Waals surface area contributed by atoms with Crippen molar-refractivity contribution in [2.75, 3.05) is 26.2 Å². The van der Waals surface area contributed by atoms with E-state index < -0.39 is 0 Å². The van der Waals surface area contributed by atoms with Gasteiger partial charge in [-0.25, -0.2) is 0 Å². The molecule has 0 saturated carbocycles. The summed E-state index contributed by atoms with van der Waals surface area (Å²) in [6.45, 7) is 5.40. The van der Waals surface area contributed by atoms with E-state index in [0.29, 0.717) is 19.5 Å². The molecule has 1 aliphatic heterocycles. The Morgan fingerprint density at radius 1 is 1.30 bits per heavy atom. The molecule has 5 heteroatoms. The monoisotopic (exact) mass is 284 g/mol. The molecule has 1 saturated heterocycles. The Morgan fingerprint density at radius 3 is 2.60 bits per heavy atom. The van der Waals surface area contributed by atoms with Crippen LogP contribution in [0.15, 0.2) is 0 Å². The van der Waals surface area contributed by atoms with Gasteiger partial charge in [0.1, 0.15) is 0 Å². The van der Waals surface area contributed by atoms with Gasteiger partial charge in [-0.15, -0.1) is 0 Å². The van der Waals surface area contributed by atoms with E-state index in [4.69, 9.17) is 0 Å². The molecule has 0 atom stereocenters. The summed E-state index contributed by atoms with van der Waals surface area (Å²) in [7, 11) is 0. The normalized spacial score (nSPS) is 16.9. The van der Waals surface area contributed by atoms with Crippen molar-refractivity contribution >= 4 is 11.8 Å². The van der Waals surface area contributed by atoms with Crippen molar-refractivity contribution in [3.63, 3.8) is 0 Å². The minimum atomic E-state index is -0.238. The first-order valence-corrected chi connectivity index (χ1v) is 7.72. The molecule has 2 amide bonds. The van der Waals surface area contributed by atoms with E-state index >= 15 is 0 Å². The van der Waals surface area contributed by atoms with Crippen LogP contribution in [0, 0.1) is 5.41 Å². The van der Waals surface area contributed by atoms with Gasteiger partial charge in [-0.05, 0) is 25.7 Å². The number of hydrogen-bond donors (Lipinski definition) is 2. The van der Waals surface area contributed by atoms with E-state index in [2.05, 4.69) is 5.32 Å². The Balaban J connectivity index is 2.44. The van der Waals surface area contributed by atoms with Crippen LogP contribution < -0.4 is 5.32 Å². The number of nitrogens with one attached hydrogen (secondary N) is 1. The quantitative estimate of drug-likeness (QED) is 0.740. The first-order chi connectivity index (χ1) is 9.56. The van der Waals surface area contributed by atoms with Crippen molar-refractivity contribution in [1.29, 1.82) is 0 Å². The van der Waals surface area contributed by atoms with Gasteiger partial charge in [-0.2, -0.15) is 0 Å². The molecule has 0 spiro atoms. The predicted octanol–water partition coefficient (Wildman–Crippen LogP) is 1.30. The molecule has 0 radical (unpaired) electrons. The van der Waals surface area contributed by atoms with Gasteiger partial charge in [0.2, 0.25) is 11.8 Å². The van der Waals surface area contributed by atoms with E-state index in [1.807, 2.05) is 13.8 Å². The highest BCUT2D eigenvalue weighted by molar-refractivity contribution is 5.84. The first-order valence-electron chi connectivity index (χ1n) is 7.72. The zero-order valence-corrected chi connectivity index (χ0v) is 12.8. The van der Waals surface area contributed by atoms with Crippen LogP contribution in [0.2, 0.25) is 0 Å². The maximum absolute atomic E-state index is 12.0. The van der Waals surface area contributed by atoms with E-state index in [9.17, 15) is 14.7 Å². The summed E-state index contributed by atoms with van der Waals surface area (Å²) in [6.07, 6.45) is 5.16. The molecule has 2 N–H and O–H groups in total. The van der Waals surface area contributed by atoms with Crippen LogP contribution in [0.5, 0.6) is 0 Å². The molecule has 0 aromatic carbocycles. The molecule has 20 heavy (non-hydrogen) atoms. The van der Waals surface area contributed by atoms with Gasteiger partial charge in [0, 0.05) is 24.9 Å². The summed E-state index contributed by atoms with van der Waals surface area (Å²) >= 11 is 0. The lowest BCUT2D eigenvalue weighted by Gasteiger charge is -2.30. The minimum absolute atomic E-state index is 0.0723. The van der Waals surface area contributed by atoms with E-state index in [-0.39, 0.29) is 30.4 Å². The van der Waals surface area contributed by atoms with Crippen LogP contribution >= 0.6 is 0 Å². The number of aliphatic hydroxyl groups excluding tert-OH is 1. The number of carbonyl (C=O) groups is 2. The van der Waals surface area contributed by atoms with Gasteiger partial charge in [-0.1, -0.05) is 20.3 Å². The van der Waals surface area contributed by atoms with E-state index in [0.717, 1.165) is 32.1 Å². The zero-order chi connectivity index (χ0) is 15.0. The van der Waals surface area contributed by atoms with Crippen molar-refractivity contribution in [3.8, 4) is 0 Å². The smallest absolute Gasteiger partial charge is 0.239 e. The number of aliphatic hydroxyl groups is 1. The lowest BCUT2D eigenvalue weighted by molar-refractivity contribution is -0.135. The van der Waals surface area contributed by atoms with Crippen molar-refractivity contribution in [1.82, 2.24) is 10.2 Å². The number of nitrogens with zero attached hydrogens (tertiary/aromatic N) is 1. The number of carbonyl (C=O) groups excluding carboxylic acids is 2. The first kappa shape index (κ1) is 17.0. The molecule has 0 bridgehead atoms. The fourth-order valence-electron chi connectivity index (χ4n) is 2.50. The largest absolute Gasteiger partial charge is 0.396 e. The molecule has 5 nitrogen and oxygen atoms in total. The maximum atomic E-state index is 12.0. The average molecular weight is 284 g/mol. The standard InChI is InChI=1S/C15H28N2O3/c1-3-15(4-2,12-18)11-16-13(19)10-17-9-7-5-6-8-14(17)20/h18H,3-12H2,1-2H3,(H,16,19). The van der Waals surface area contributed by atoms with Gasteiger partial charge in [0.05, 0.1) is 13.2 Å². The number of likely N-dealkylation sites (tertiary alicyclic amines) is 1. The molecule has 116 valence electrons. The Morgan fingerprint density at radius 2 is 2.00 bits per heavy atom. The fraction of sp³-hybridized carbons (Fsp3) is 0.867. The fourth-order valence-corrected chi connectivity index (χ4v) is 2.50. The number of amides is 2. The molecule has 1 fully saturated rings. The second-order valence-corrected chi connectivity index (χ2v) is 5.77. The summed E-state index contributed by atoms with van der Waals surface area (Å²) in [4.78, 5) is 25.5. The summed E-state index contributed by atoms with van der Waals surface area (Å²) in [5.74, 6) is -0.0444. The molecule has 1 heterocycles. The highest BCUT2D eigenvalue weighted by atomic mass is 16.3. The van der Waals surface area contributed by atoms with Crippen LogP contribution in [-0.4, -0.2) is 48.1 Å². The van der Waals surface area contributed by atoms with Crippen molar-refractivity contribution in [2.24, 2.45) is 5.41 Å². The van der Waals surface area contributed by atoms with Crippen molar-refractivity contribution in [3.05, 3.63) is 0 Å². The van der Waals surface area contributed by atoms with Gasteiger partial charge < -0.3 is 15.3 Å². The molecule has 0 aromatic heterocycles. The Kier molecular flexibility index (Phi) is 6.99. The lowest BCUT2D eigenvalue weighted by atomic mass is 9.83. The second kappa shape index (κ2) is 8.25. The van der Waals surface area contributed by atoms with Crippen molar-refractivity contribution in [2.45, 2.75) is 52.4 Å². The van der Waals surface area contributed by atoms with Crippen LogP contribution in [-0.2, 0) is 9.59 Å². The van der Waals surface area contributed by atoms with Crippen LogP contribution in [0.25, 0.3) is 0 Å². The lowest BCUT2D eigenvalue weighted by Crippen LogP contribution is -2.45. The van der Waals surface area contributed by atoms with Crippen molar-refractivity contribution < 1.29 is 14.7 Å². The van der Waals surface area contributed by atoms with E-state index in [1.165, 1.54) is 0 Å². The molecule has 0 aliphatic carbocycles. The molecule has 0 aromatic rings. The third-order valence-corrected chi connectivity index (χ3v) is 4.50. The summed E-state index contributed by atoms with van der Waals surface area (Å²) in [6, 6.07) is 0. The topological polar surface area (TPSA) is 69.6 Å². The average Bonchev–Trinajstić information content (AvgIpc) is 2.66. The number of rotatable bonds is 7. The number of hydrogen-bond acceptors (Lipinski definition) is 3. The van der Waals surface area contributed by atoms with Crippen LogP contribution in [0.3, 0.4) is 0 Å². The molecule has 1 aliphatic rings. The molecular weight excluding hydrogens is 256 g/mol. The van der Waals surface area contributed by atoms with Gasteiger partial charge in [0.15, 0.2) is 0 Å². The minimum Gasteiger partial charge on any atom is -0.396 e. The van der Waals surface area contributed by atoms with E-state index in [1.54, 1.807) is 4.90 Å². The molecular formula is C15H28N2O3. The molecule has 0 unspecified atom stereocenters. The molecule has 1 rings (SSSR count). The zero-order valence-electron chi connectivity index (χ0n) is 12.8. The third-order valence-electron chi connectivity index (χ3n) is 4.50. The Labute approximate surface area is 121 Å². The highest BCUT2D eigenvalue weighted by Crippen LogP contribution is 2.24. The predicted molar refractivity (Wildman–Crippen MR) is 78.2 cm³/mol. The Hall–Kier alpha value is -1.10. The summed E-state index contributed by atoms with van der Waals surface area (Å²) in [5, 5.41) is 12.3. The van der Waals surface area contributed by atoms with Crippen LogP contribution in [0.1, 0.15) is 52.4 Å². The van der Waals surface area contributed by atoms with Gasteiger partial charge >= 0.3 is 0 Å². The highest BCUT2D eigenvalue weighted by Gasteiger charge is 2.26. The SMILES string of the molecule is CCC(CC)(CO)CNC(=O)CN1CCCCCC1=O. The maximum Gasteiger partial charge on any atom is 0.239 e. The van der Waals surface area contributed by atoms with Crippen LogP contribution in [0.4, 0.5) is 0 Å².